The Kier molecular flexibility index (Phi) is 4.78. The number of hydrogen-bond acceptors (Lipinski definition) is 3. The molecule has 5 heteroatoms. The summed E-state index contributed by atoms with van der Waals surface area (Å²) in [6.45, 7) is 5.05. The van der Waals surface area contributed by atoms with Crippen LogP contribution in [-0.2, 0) is 0 Å². The zero-order valence-electron chi connectivity index (χ0n) is 11.4. The van der Waals surface area contributed by atoms with E-state index < -0.39 is 0 Å². The van der Waals surface area contributed by atoms with E-state index in [1.807, 2.05) is 6.08 Å². The van der Waals surface area contributed by atoms with Gasteiger partial charge in [-0.3, -0.25) is 9.78 Å². The second-order valence-electron chi connectivity index (χ2n) is 5.37. The number of amides is 1. The standard InChI is InChI=1S/C15H19ClN2O2/c1-2-4-15(11-19)5-3-6-18(10-15)14(20)12-7-13(16)9-17-8-12/h2,7-9,19H,1,3-6,10-11H2/t15-/m1/s1. The summed E-state index contributed by atoms with van der Waals surface area (Å²) < 4.78 is 0. The molecule has 1 aliphatic rings. The van der Waals surface area contributed by atoms with E-state index in [4.69, 9.17) is 11.6 Å². The van der Waals surface area contributed by atoms with Crippen LogP contribution in [-0.4, -0.2) is 40.6 Å². The van der Waals surface area contributed by atoms with Crippen molar-refractivity contribution in [3.63, 3.8) is 0 Å². The molecular weight excluding hydrogens is 276 g/mol. The van der Waals surface area contributed by atoms with Crippen molar-refractivity contribution < 1.29 is 9.90 Å². The third kappa shape index (κ3) is 3.19. The fourth-order valence-corrected chi connectivity index (χ4v) is 2.93. The zero-order chi connectivity index (χ0) is 14.6. The molecule has 1 aromatic heterocycles. The van der Waals surface area contributed by atoms with Gasteiger partial charge in [-0.15, -0.1) is 6.58 Å². The molecule has 1 atom stereocenters. The molecule has 1 amide bonds. The van der Waals surface area contributed by atoms with Crippen LogP contribution in [0.2, 0.25) is 5.02 Å². The van der Waals surface area contributed by atoms with E-state index >= 15 is 0 Å². The van der Waals surface area contributed by atoms with Crippen molar-refractivity contribution >= 4 is 17.5 Å². The molecule has 108 valence electrons. The first-order valence-corrected chi connectivity index (χ1v) is 7.10. The van der Waals surface area contributed by atoms with E-state index in [0.717, 1.165) is 12.8 Å². The van der Waals surface area contributed by atoms with Crippen LogP contribution in [0.25, 0.3) is 0 Å². The highest BCUT2D eigenvalue weighted by Crippen LogP contribution is 2.34. The quantitative estimate of drug-likeness (QED) is 0.868. The smallest absolute Gasteiger partial charge is 0.255 e. The number of aliphatic hydroxyl groups excluding tert-OH is 1. The van der Waals surface area contributed by atoms with Crippen LogP contribution in [0, 0.1) is 5.41 Å². The lowest BCUT2D eigenvalue weighted by molar-refractivity contribution is 0.0285. The Bertz CT molecular complexity index is 506. The summed E-state index contributed by atoms with van der Waals surface area (Å²) in [5.41, 5.74) is 0.228. The van der Waals surface area contributed by atoms with Crippen LogP contribution >= 0.6 is 11.6 Å². The van der Waals surface area contributed by atoms with Gasteiger partial charge < -0.3 is 10.0 Å². The first-order valence-electron chi connectivity index (χ1n) is 6.72. The molecule has 0 saturated carbocycles. The maximum atomic E-state index is 12.5. The van der Waals surface area contributed by atoms with Crippen LogP contribution < -0.4 is 0 Å². The number of pyridine rings is 1. The average molecular weight is 295 g/mol. The number of nitrogens with zero attached hydrogens (tertiary/aromatic N) is 2. The lowest BCUT2D eigenvalue weighted by Gasteiger charge is -2.41. The van der Waals surface area contributed by atoms with Crippen LogP contribution in [0.3, 0.4) is 0 Å². The third-order valence-corrected chi connectivity index (χ3v) is 4.02. The molecular formula is C15H19ClN2O2. The number of aromatic nitrogens is 1. The van der Waals surface area contributed by atoms with Crippen molar-refractivity contribution in [2.45, 2.75) is 19.3 Å². The number of allylic oxidation sites excluding steroid dienone is 1. The molecule has 4 nitrogen and oxygen atoms in total. The number of halogens is 1. The fraction of sp³-hybridized carbons (Fsp3) is 0.467. The van der Waals surface area contributed by atoms with Gasteiger partial charge in [0.15, 0.2) is 0 Å². The van der Waals surface area contributed by atoms with Gasteiger partial charge in [0.05, 0.1) is 17.2 Å². The summed E-state index contributed by atoms with van der Waals surface area (Å²) in [5, 5.41) is 10.1. The highest BCUT2D eigenvalue weighted by Gasteiger charge is 2.36. The molecule has 0 aromatic carbocycles. The van der Waals surface area contributed by atoms with Gasteiger partial charge in [-0.25, -0.2) is 0 Å². The SMILES string of the molecule is C=CC[C@@]1(CO)CCCN(C(=O)c2cncc(Cl)c2)C1. The summed E-state index contributed by atoms with van der Waals surface area (Å²) >= 11 is 5.87. The van der Waals surface area contributed by atoms with Crippen molar-refractivity contribution in [2.24, 2.45) is 5.41 Å². The molecule has 0 aliphatic carbocycles. The van der Waals surface area contributed by atoms with E-state index in [1.165, 1.54) is 12.4 Å². The number of carbonyl (C=O) groups is 1. The lowest BCUT2D eigenvalue weighted by Crippen LogP contribution is -2.47. The second kappa shape index (κ2) is 6.37. The number of carbonyl (C=O) groups excluding carboxylic acids is 1. The lowest BCUT2D eigenvalue weighted by atomic mass is 9.77. The minimum absolute atomic E-state index is 0.0661. The average Bonchev–Trinajstić information content (AvgIpc) is 2.47. The van der Waals surface area contributed by atoms with Crippen molar-refractivity contribution in [3.8, 4) is 0 Å². The third-order valence-electron chi connectivity index (χ3n) is 3.81. The van der Waals surface area contributed by atoms with Gasteiger partial charge in [-0.05, 0) is 25.3 Å². The normalized spacial score (nSPS) is 22.6. The first kappa shape index (κ1) is 15.0. The van der Waals surface area contributed by atoms with E-state index in [0.29, 0.717) is 30.1 Å². The molecule has 1 aromatic rings. The van der Waals surface area contributed by atoms with Gasteiger partial charge in [0.1, 0.15) is 0 Å². The van der Waals surface area contributed by atoms with Crippen LogP contribution in [0.1, 0.15) is 29.6 Å². The van der Waals surface area contributed by atoms with E-state index in [9.17, 15) is 9.90 Å². The highest BCUT2D eigenvalue weighted by atomic mass is 35.5. The van der Waals surface area contributed by atoms with Gasteiger partial charge in [0.25, 0.3) is 5.91 Å². The largest absolute Gasteiger partial charge is 0.396 e. The van der Waals surface area contributed by atoms with Gasteiger partial charge in [0, 0.05) is 30.9 Å². The minimum Gasteiger partial charge on any atom is -0.396 e. The van der Waals surface area contributed by atoms with Crippen LogP contribution in [0.5, 0.6) is 0 Å². The second-order valence-corrected chi connectivity index (χ2v) is 5.81. The molecule has 2 rings (SSSR count). The van der Waals surface area contributed by atoms with E-state index in [1.54, 1.807) is 11.0 Å². The van der Waals surface area contributed by atoms with Gasteiger partial charge in [-0.1, -0.05) is 17.7 Å². The summed E-state index contributed by atoms with van der Waals surface area (Å²) in [6, 6.07) is 1.62. The van der Waals surface area contributed by atoms with Gasteiger partial charge in [-0.2, -0.15) is 0 Å². The molecule has 1 aliphatic heterocycles. The van der Waals surface area contributed by atoms with Gasteiger partial charge in [0.2, 0.25) is 0 Å². The Morgan fingerprint density at radius 2 is 2.40 bits per heavy atom. The molecule has 1 saturated heterocycles. The highest BCUT2D eigenvalue weighted by molar-refractivity contribution is 6.30. The summed E-state index contributed by atoms with van der Waals surface area (Å²) in [6.07, 6.45) is 7.34. The number of likely N-dealkylation sites (tertiary alicyclic amines) is 1. The predicted octanol–water partition coefficient (Wildman–Crippen LogP) is 2.53. The Morgan fingerprint density at radius 1 is 1.60 bits per heavy atom. The Labute approximate surface area is 124 Å². The van der Waals surface area contributed by atoms with Gasteiger partial charge >= 0.3 is 0 Å². The van der Waals surface area contributed by atoms with Crippen LogP contribution in [0.15, 0.2) is 31.1 Å². The molecule has 0 unspecified atom stereocenters. The summed E-state index contributed by atoms with van der Waals surface area (Å²) in [5.74, 6) is -0.0819. The van der Waals surface area contributed by atoms with Crippen molar-refractivity contribution in [2.75, 3.05) is 19.7 Å². The minimum atomic E-state index is -0.262. The molecule has 0 spiro atoms. The Morgan fingerprint density at radius 3 is 3.05 bits per heavy atom. The topological polar surface area (TPSA) is 53.4 Å². The van der Waals surface area contributed by atoms with Crippen molar-refractivity contribution in [1.82, 2.24) is 9.88 Å². The van der Waals surface area contributed by atoms with E-state index in [-0.39, 0.29) is 17.9 Å². The zero-order valence-corrected chi connectivity index (χ0v) is 12.1. The maximum absolute atomic E-state index is 12.5. The van der Waals surface area contributed by atoms with E-state index in [2.05, 4.69) is 11.6 Å². The Balaban J connectivity index is 2.16. The molecule has 2 heterocycles. The van der Waals surface area contributed by atoms with Crippen molar-refractivity contribution in [1.29, 1.82) is 0 Å². The number of hydrogen-bond donors (Lipinski definition) is 1. The molecule has 1 fully saturated rings. The first-order chi connectivity index (χ1) is 9.60. The molecule has 1 N–H and O–H groups in total. The summed E-state index contributed by atoms with van der Waals surface area (Å²) in [4.78, 5) is 18.2. The number of rotatable bonds is 4. The summed E-state index contributed by atoms with van der Waals surface area (Å²) in [7, 11) is 0. The monoisotopic (exact) mass is 294 g/mol. The molecule has 20 heavy (non-hydrogen) atoms. The predicted molar refractivity (Wildman–Crippen MR) is 78.7 cm³/mol. The van der Waals surface area contributed by atoms with Crippen LogP contribution in [0.4, 0.5) is 0 Å². The van der Waals surface area contributed by atoms with Crippen molar-refractivity contribution in [3.05, 3.63) is 41.7 Å². The fourth-order valence-electron chi connectivity index (χ4n) is 2.76. The number of piperidine rings is 1. The molecule has 0 bridgehead atoms. The molecule has 0 radical (unpaired) electrons. The Hall–Kier alpha value is -1.39. The maximum Gasteiger partial charge on any atom is 0.255 e. The number of aliphatic hydroxyl groups is 1.